The zero-order chi connectivity index (χ0) is 13.9. The van der Waals surface area contributed by atoms with Crippen LogP contribution in [-0.4, -0.2) is 31.2 Å². The summed E-state index contributed by atoms with van der Waals surface area (Å²) < 4.78 is 0. The number of aryl methyl sites for hydroxylation is 1. The molecule has 4 nitrogen and oxygen atoms in total. The molecule has 3 rings (SSSR count). The van der Waals surface area contributed by atoms with Crippen LogP contribution in [0, 0.1) is 11.3 Å². The molecule has 2 aliphatic heterocycles. The highest BCUT2D eigenvalue weighted by molar-refractivity contribution is 5.63. The second-order valence-electron chi connectivity index (χ2n) is 5.69. The van der Waals surface area contributed by atoms with Crippen molar-refractivity contribution in [2.75, 3.05) is 36.0 Å². The first-order chi connectivity index (χ1) is 9.83. The van der Waals surface area contributed by atoms with Gasteiger partial charge in [-0.15, -0.1) is 0 Å². The minimum absolute atomic E-state index is 0.789. The molecule has 2 aliphatic rings. The van der Waals surface area contributed by atoms with Crippen molar-refractivity contribution < 1.29 is 0 Å². The van der Waals surface area contributed by atoms with Gasteiger partial charge in [-0.2, -0.15) is 5.26 Å². The van der Waals surface area contributed by atoms with Gasteiger partial charge < -0.3 is 9.80 Å². The van der Waals surface area contributed by atoms with Crippen LogP contribution in [0.2, 0.25) is 0 Å². The largest absolute Gasteiger partial charge is 0.357 e. The molecule has 0 amide bonds. The maximum atomic E-state index is 9.52. The van der Waals surface area contributed by atoms with Crippen LogP contribution in [0.25, 0.3) is 0 Å². The topological polar surface area (TPSA) is 43.2 Å². The third kappa shape index (κ3) is 2.33. The van der Waals surface area contributed by atoms with Crippen molar-refractivity contribution in [3.63, 3.8) is 0 Å². The lowest BCUT2D eigenvalue weighted by Gasteiger charge is -2.24. The van der Waals surface area contributed by atoms with Crippen LogP contribution in [0.3, 0.4) is 0 Å². The summed E-state index contributed by atoms with van der Waals surface area (Å²) in [4.78, 5) is 9.50. The average Bonchev–Trinajstić information content (AvgIpc) is 3.18. The van der Waals surface area contributed by atoms with Crippen molar-refractivity contribution in [1.82, 2.24) is 4.98 Å². The standard InChI is InChI=1S/C16H22N4/c1-2-13-11-15(19-7-3-4-8-19)18-16(14(13)12-17)20-9-5-6-10-20/h11H,2-10H2,1H3. The van der Waals surface area contributed by atoms with Gasteiger partial charge in [0.2, 0.25) is 0 Å². The predicted octanol–water partition coefficient (Wildman–Crippen LogP) is 2.72. The van der Waals surface area contributed by atoms with E-state index in [2.05, 4.69) is 28.9 Å². The summed E-state index contributed by atoms with van der Waals surface area (Å²) in [7, 11) is 0. The van der Waals surface area contributed by atoms with Crippen LogP contribution in [0.5, 0.6) is 0 Å². The number of rotatable bonds is 3. The maximum Gasteiger partial charge on any atom is 0.149 e. The van der Waals surface area contributed by atoms with Gasteiger partial charge in [-0.3, -0.25) is 0 Å². The Hall–Kier alpha value is -1.76. The lowest BCUT2D eigenvalue weighted by molar-refractivity contribution is 0.890. The monoisotopic (exact) mass is 270 g/mol. The number of hydrogen-bond acceptors (Lipinski definition) is 4. The molecule has 3 heterocycles. The van der Waals surface area contributed by atoms with E-state index in [0.29, 0.717) is 0 Å². The Bertz CT molecular complexity index is 520. The second-order valence-corrected chi connectivity index (χ2v) is 5.69. The first-order valence-electron chi connectivity index (χ1n) is 7.77. The van der Waals surface area contributed by atoms with Gasteiger partial charge in [-0.05, 0) is 43.7 Å². The molecule has 0 radical (unpaired) electrons. The molecule has 0 atom stereocenters. The highest BCUT2D eigenvalue weighted by Gasteiger charge is 2.23. The SMILES string of the molecule is CCc1cc(N2CCCC2)nc(N2CCCC2)c1C#N. The van der Waals surface area contributed by atoms with E-state index in [1.165, 1.54) is 25.7 Å². The number of anilines is 2. The van der Waals surface area contributed by atoms with Gasteiger partial charge in [0.05, 0.1) is 5.56 Å². The number of pyridine rings is 1. The van der Waals surface area contributed by atoms with Crippen LogP contribution in [0.1, 0.15) is 43.7 Å². The van der Waals surface area contributed by atoms with E-state index in [4.69, 9.17) is 4.98 Å². The second kappa shape index (κ2) is 5.70. The van der Waals surface area contributed by atoms with Crippen LogP contribution < -0.4 is 9.80 Å². The highest BCUT2D eigenvalue weighted by Crippen LogP contribution is 2.30. The van der Waals surface area contributed by atoms with Gasteiger partial charge in [0.1, 0.15) is 17.7 Å². The van der Waals surface area contributed by atoms with Crippen LogP contribution in [0.15, 0.2) is 6.07 Å². The van der Waals surface area contributed by atoms with E-state index in [0.717, 1.165) is 55.4 Å². The number of nitriles is 1. The van der Waals surface area contributed by atoms with E-state index in [-0.39, 0.29) is 0 Å². The van der Waals surface area contributed by atoms with E-state index >= 15 is 0 Å². The molecule has 0 aliphatic carbocycles. The molecule has 0 N–H and O–H groups in total. The van der Waals surface area contributed by atoms with Crippen molar-refractivity contribution in [2.45, 2.75) is 39.0 Å². The lowest BCUT2D eigenvalue weighted by atomic mass is 10.1. The zero-order valence-corrected chi connectivity index (χ0v) is 12.2. The summed E-state index contributed by atoms with van der Waals surface area (Å²) in [5, 5.41) is 9.52. The summed E-state index contributed by atoms with van der Waals surface area (Å²) >= 11 is 0. The molecule has 0 unspecified atom stereocenters. The van der Waals surface area contributed by atoms with Crippen LogP contribution >= 0.6 is 0 Å². The van der Waals surface area contributed by atoms with E-state index in [1.54, 1.807) is 0 Å². The summed E-state index contributed by atoms with van der Waals surface area (Å²) in [6, 6.07) is 4.52. The average molecular weight is 270 g/mol. The Kier molecular flexibility index (Phi) is 3.77. The normalized spacial score (nSPS) is 18.6. The zero-order valence-electron chi connectivity index (χ0n) is 12.2. The predicted molar refractivity (Wildman–Crippen MR) is 81.2 cm³/mol. The molecule has 1 aromatic rings. The van der Waals surface area contributed by atoms with Crippen molar-refractivity contribution in [3.8, 4) is 6.07 Å². The van der Waals surface area contributed by atoms with Gasteiger partial charge >= 0.3 is 0 Å². The van der Waals surface area contributed by atoms with Crippen molar-refractivity contribution in [1.29, 1.82) is 5.26 Å². The Morgan fingerprint density at radius 1 is 1.10 bits per heavy atom. The van der Waals surface area contributed by atoms with Crippen molar-refractivity contribution in [2.24, 2.45) is 0 Å². The Morgan fingerprint density at radius 2 is 1.70 bits per heavy atom. The summed E-state index contributed by atoms with van der Waals surface area (Å²) in [6.45, 7) is 6.39. The molecule has 2 saturated heterocycles. The Labute approximate surface area is 121 Å². The third-order valence-electron chi connectivity index (χ3n) is 4.40. The summed E-state index contributed by atoms with van der Waals surface area (Å²) in [5.74, 6) is 1.99. The minimum atomic E-state index is 0.789. The fourth-order valence-corrected chi connectivity index (χ4v) is 3.23. The van der Waals surface area contributed by atoms with E-state index in [1.807, 2.05) is 0 Å². The molecule has 2 fully saturated rings. The van der Waals surface area contributed by atoms with Gasteiger partial charge in [-0.1, -0.05) is 6.92 Å². The Morgan fingerprint density at radius 3 is 2.25 bits per heavy atom. The summed E-state index contributed by atoms with van der Waals surface area (Å²) in [6.07, 6.45) is 5.82. The first-order valence-corrected chi connectivity index (χ1v) is 7.77. The van der Waals surface area contributed by atoms with Crippen LogP contribution in [0.4, 0.5) is 11.6 Å². The van der Waals surface area contributed by atoms with E-state index in [9.17, 15) is 5.26 Å². The molecule has 20 heavy (non-hydrogen) atoms. The molecule has 0 saturated carbocycles. The van der Waals surface area contributed by atoms with Crippen molar-refractivity contribution >= 4 is 11.6 Å². The number of nitrogens with zero attached hydrogens (tertiary/aromatic N) is 4. The third-order valence-corrected chi connectivity index (χ3v) is 4.40. The molecule has 0 bridgehead atoms. The summed E-state index contributed by atoms with van der Waals surface area (Å²) in [5.41, 5.74) is 1.93. The van der Waals surface area contributed by atoms with Crippen molar-refractivity contribution in [3.05, 3.63) is 17.2 Å². The molecule has 0 spiro atoms. The minimum Gasteiger partial charge on any atom is -0.357 e. The maximum absolute atomic E-state index is 9.52. The van der Waals surface area contributed by atoms with Gasteiger partial charge in [0, 0.05) is 26.2 Å². The quantitative estimate of drug-likeness (QED) is 0.847. The van der Waals surface area contributed by atoms with Gasteiger partial charge in [0.15, 0.2) is 0 Å². The van der Waals surface area contributed by atoms with E-state index < -0.39 is 0 Å². The number of hydrogen-bond donors (Lipinski definition) is 0. The lowest BCUT2D eigenvalue weighted by Crippen LogP contribution is -2.24. The fourth-order valence-electron chi connectivity index (χ4n) is 3.23. The smallest absolute Gasteiger partial charge is 0.149 e. The molecule has 1 aromatic heterocycles. The first kappa shape index (κ1) is 13.2. The van der Waals surface area contributed by atoms with Gasteiger partial charge in [-0.25, -0.2) is 4.98 Å². The van der Waals surface area contributed by atoms with Crippen LogP contribution in [-0.2, 0) is 6.42 Å². The Balaban J connectivity index is 2.04. The molecule has 4 heteroatoms. The molecular formula is C16H22N4. The van der Waals surface area contributed by atoms with Gasteiger partial charge in [0.25, 0.3) is 0 Å². The number of aromatic nitrogens is 1. The molecular weight excluding hydrogens is 248 g/mol. The fraction of sp³-hybridized carbons (Fsp3) is 0.625. The molecule has 106 valence electrons. The highest BCUT2D eigenvalue weighted by atomic mass is 15.3. The molecule has 0 aromatic carbocycles.